The van der Waals surface area contributed by atoms with Gasteiger partial charge < -0.3 is 15.1 Å². The Bertz CT molecular complexity index is 387. The van der Waals surface area contributed by atoms with Crippen LogP contribution in [0.15, 0.2) is 4.99 Å². The minimum atomic E-state index is 0. The van der Waals surface area contributed by atoms with Gasteiger partial charge in [0, 0.05) is 37.2 Å². The van der Waals surface area contributed by atoms with Crippen molar-refractivity contribution in [1.29, 1.82) is 0 Å². The number of guanidine groups is 1. The molecule has 6 heteroatoms. The van der Waals surface area contributed by atoms with E-state index >= 15 is 0 Å². The van der Waals surface area contributed by atoms with Crippen molar-refractivity contribution in [3.8, 4) is 0 Å². The molecule has 0 bridgehead atoms. The third-order valence-corrected chi connectivity index (χ3v) is 7.19. The number of hydrogen-bond acceptors (Lipinski definition) is 3. The summed E-state index contributed by atoms with van der Waals surface area (Å²) in [4.78, 5) is 9.69. The zero-order valence-electron chi connectivity index (χ0n) is 15.3. The zero-order valence-corrected chi connectivity index (χ0v) is 18.4. The van der Waals surface area contributed by atoms with E-state index in [0.717, 1.165) is 19.0 Å². The van der Waals surface area contributed by atoms with Crippen molar-refractivity contribution in [2.75, 3.05) is 52.1 Å². The second-order valence-electron chi connectivity index (χ2n) is 7.39. The van der Waals surface area contributed by atoms with Gasteiger partial charge in [-0.3, -0.25) is 4.99 Å². The van der Waals surface area contributed by atoms with Gasteiger partial charge in [0.2, 0.25) is 0 Å². The maximum atomic E-state index is 4.57. The standard InChI is InChI=1S/C18H34N4S.HI/c1-19-17(20-10-7-13-21-11-5-6-12-21)22-14-15-23-18(16-22)8-3-2-4-9-18;/h2-16H2,1H3,(H,19,20);1H. The molecule has 4 nitrogen and oxygen atoms in total. The largest absolute Gasteiger partial charge is 0.356 e. The third-order valence-electron chi connectivity index (χ3n) is 5.66. The molecule has 0 aromatic carbocycles. The van der Waals surface area contributed by atoms with Crippen LogP contribution in [0.2, 0.25) is 0 Å². The quantitative estimate of drug-likeness (QED) is 0.298. The highest BCUT2D eigenvalue weighted by molar-refractivity contribution is 14.0. The van der Waals surface area contributed by atoms with Gasteiger partial charge in [0.15, 0.2) is 5.96 Å². The van der Waals surface area contributed by atoms with Crippen molar-refractivity contribution in [2.24, 2.45) is 4.99 Å². The van der Waals surface area contributed by atoms with Crippen molar-refractivity contribution in [3.63, 3.8) is 0 Å². The predicted octanol–water partition coefficient (Wildman–Crippen LogP) is 3.42. The van der Waals surface area contributed by atoms with E-state index in [0.29, 0.717) is 4.75 Å². The normalized spacial score (nSPS) is 24.9. The predicted molar refractivity (Wildman–Crippen MR) is 117 cm³/mol. The van der Waals surface area contributed by atoms with Gasteiger partial charge in [0.25, 0.3) is 0 Å². The molecule has 3 aliphatic rings. The van der Waals surface area contributed by atoms with Crippen LogP contribution in [0.3, 0.4) is 0 Å². The molecular formula is C18H35IN4S. The lowest BCUT2D eigenvalue weighted by molar-refractivity contribution is 0.292. The Balaban J connectivity index is 0.00000208. The van der Waals surface area contributed by atoms with Crippen molar-refractivity contribution >= 4 is 41.7 Å². The second kappa shape index (κ2) is 10.5. The third kappa shape index (κ3) is 5.66. The molecule has 1 N–H and O–H groups in total. The molecule has 2 heterocycles. The van der Waals surface area contributed by atoms with Crippen molar-refractivity contribution in [2.45, 2.75) is 56.1 Å². The Morgan fingerprint density at radius 2 is 1.83 bits per heavy atom. The van der Waals surface area contributed by atoms with Gasteiger partial charge in [0.1, 0.15) is 0 Å². The van der Waals surface area contributed by atoms with E-state index in [9.17, 15) is 0 Å². The Labute approximate surface area is 169 Å². The van der Waals surface area contributed by atoms with Crippen LogP contribution in [0.1, 0.15) is 51.4 Å². The van der Waals surface area contributed by atoms with Crippen LogP contribution in [-0.4, -0.2) is 72.6 Å². The Hall–Kier alpha value is 0.310. The molecule has 1 spiro atoms. The molecule has 0 atom stereocenters. The van der Waals surface area contributed by atoms with Crippen molar-refractivity contribution < 1.29 is 0 Å². The Kier molecular flexibility index (Phi) is 8.98. The summed E-state index contributed by atoms with van der Waals surface area (Å²) in [6, 6.07) is 0. The maximum absolute atomic E-state index is 4.57. The van der Waals surface area contributed by atoms with E-state index in [1.54, 1.807) is 0 Å². The van der Waals surface area contributed by atoms with Crippen LogP contribution in [0.4, 0.5) is 0 Å². The molecule has 24 heavy (non-hydrogen) atoms. The fourth-order valence-electron chi connectivity index (χ4n) is 4.37. The first-order valence-corrected chi connectivity index (χ1v) is 10.6. The van der Waals surface area contributed by atoms with Gasteiger partial charge in [-0.15, -0.1) is 24.0 Å². The summed E-state index contributed by atoms with van der Waals surface area (Å²) >= 11 is 2.23. The average Bonchev–Trinajstić information content (AvgIpc) is 3.09. The first kappa shape index (κ1) is 20.6. The van der Waals surface area contributed by atoms with Gasteiger partial charge in [-0.1, -0.05) is 19.3 Å². The van der Waals surface area contributed by atoms with Gasteiger partial charge in [0.05, 0.1) is 0 Å². The molecule has 0 unspecified atom stereocenters. The molecule has 3 fully saturated rings. The van der Waals surface area contributed by atoms with Crippen LogP contribution in [0.5, 0.6) is 0 Å². The van der Waals surface area contributed by atoms with Crippen molar-refractivity contribution in [1.82, 2.24) is 15.1 Å². The minimum absolute atomic E-state index is 0. The molecular weight excluding hydrogens is 431 g/mol. The molecule has 0 radical (unpaired) electrons. The highest BCUT2D eigenvalue weighted by Crippen LogP contribution is 2.42. The highest BCUT2D eigenvalue weighted by atomic mass is 127. The monoisotopic (exact) mass is 466 g/mol. The number of nitrogens with one attached hydrogen (secondary N) is 1. The summed E-state index contributed by atoms with van der Waals surface area (Å²) in [6.45, 7) is 7.26. The summed E-state index contributed by atoms with van der Waals surface area (Å²) in [7, 11) is 1.94. The number of rotatable bonds is 4. The summed E-state index contributed by atoms with van der Waals surface area (Å²) < 4.78 is 0.518. The highest BCUT2D eigenvalue weighted by Gasteiger charge is 2.38. The second-order valence-corrected chi connectivity index (χ2v) is 8.95. The summed E-state index contributed by atoms with van der Waals surface area (Å²) in [5.74, 6) is 2.39. The summed E-state index contributed by atoms with van der Waals surface area (Å²) in [5.41, 5.74) is 0. The summed E-state index contributed by atoms with van der Waals surface area (Å²) in [5, 5.41) is 3.63. The molecule has 2 aliphatic heterocycles. The number of thioether (sulfide) groups is 1. The lowest BCUT2D eigenvalue weighted by Gasteiger charge is -2.45. The lowest BCUT2D eigenvalue weighted by atomic mass is 9.87. The fourth-order valence-corrected chi connectivity index (χ4v) is 5.93. The van der Waals surface area contributed by atoms with E-state index in [4.69, 9.17) is 0 Å². The fraction of sp³-hybridized carbons (Fsp3) is 0.944. The van der Waals surface area contributed by atoms with Crippen LogP contribution >= 0.6 is 35.7 Å². The first-order chi connectivity index (χ1) is 11.3. The number of nitrogens with zero attached hydrogens (tertiary/aromatic N) is 3. The van der Waals surface area contributed by atoms with Crippen LogP contribution in [-0.2, 0) is 0 Å². The van der Waals surface area contributed by atoms with Gasteiger partial charge in [-0.05, 0) is 51.7 Å². The number of hydrogen-bond donors (Lipinski definition) is 1. The molecule has 0 aromatic heterocycles. The molecule has 0 aromatic rings. The average molecular weight is 466 g/mol. The number of aliphatic imine (C=N–C) groups is 1. The molecule has 1 saturated carbocycles. The van der Waals surface area contributed by atoms with Gasteiger partial charge in [-0.25, -0.2) is 0 Å². The lowest BCUT2D eigenvalue weighted by Crippen LogP contribution is -2.53. The molecule has 2 saturated heterocycles. The molecule has 3 rings (SSSR count). The maximum Gasteiger partial charge on any atom is 0.193 e. The van der Waals surface area contributed by atoms with Crippen molar-refractivity contribution in [3.05, 3.63) is 0 Å². The van der Waals surface area contributed by atoms with Gasteiger partial charge >= 0.3 is 0 Å². The van der Waals surface area contributed by atoms with E-state index in [2.05, 4.69) is 31.9 Å². The topological polar surface area (TPSA) is 30.9 Å². The molecule has 1 aliphatic carbocycles. The first-order valence-electron chi connectivity index (χ1n) is 9.63. The van der Waals surface area contributed by atoms with E-state index in [1.165, 1.54) is 83.3 Å². The Morgan fingerprint density at radius 3 is 2.54 bits per heavy atom. The smallest absolute Gasteiger partial charge is 0.193 e. The van der Waals surface area contributed by atoms with Crippen LogP contribution in [0.25, 0.3) is 0 Å². The molecule has 0 amide bonds. The van der Waals surface area contributed by atoms with Gasteiger partial charge in [-0.2, -0.15) is 11.8 Å². The minimum Gasteiger partial charge on any atom is -0.356 e. The molecule has 140 valence electrons. The Morgan fingerprint density at radius 1 is 1.08 bits per heavy atom. The number of likely N-dealkylation sites (tertiary alicyclic amines) is 1. The number of halogens is 1. The van der Waals surface area contributed by atoms with Crippen LogP contribution < -0.4 is 5.32 Å². The van der Waals surface area contributed by atoms with E-state index < -0.39 is 0 Å². The summed E-state index contributed by atoms with van der Waals surface area (Å²) in [6.07, 6.45) is 11.1. The zero-order chi connectivity index (χ0) is 16.0. The van der Waals surface area contributed by atoms with E-state index in [-0.39, 0.29) is 24.0 Å². The SMILES string of the molecule is CN=C(NCCCN1CCCC1)N1CCSC2(CCCCC2)C1.I. The van der Waals surface area contributed by atoms with Crippen LogP contribution in [0, 0.1) is 0 Å². The van der Waals surface area contributed by atoms with E-state index in [1.807, 2.05) is 7.05 Å².